The molecule has 0 aromatic heterocycles. The molecule has 158 valence electrons. The van der Waals surface area contributed by atoms with Gasteiger partial charge in [-0.05, 0) is 23.3 Å². The number of nitrogens with zero attached hydrogens (tertiary/aromatic N) is 1. The number of amides is 2. The lowest BCUT2D eigenvalue weighted by molar-refractivity contribution is -0.139. The van der Waals surface area contributed by atoms with Crippen molar-refractivity contribution in [2.75, 3.05) is 39.6 Å². The van der Waals surface area contributed by atoms with Gasteiger partial charge in [-0.2, -0.15) is 0 Å². The van der Waals surface area contributed by atoms with Gasteiger partial charge in [0, 0.05) is 26.2 Å². The summed E-state index contributed by atoms with van der Waals surface area (Å²) in [7, 11) is 0. The molecule has 8 nitrogen and oxygen atoms in total. The number of rotatable bonds is 6. The van der Waals surface area contributed by atoms with Gasteiger partial charge in [0.25, 0.3) is 0 Å². The molecule has 1 saturated heterocycles. The maximum absolute atomic E-state index is 12.4. The zero-order valence-corrected chi connectivity index (χ0v) is 16.6. The van der Waals surface area contributed by atoms with E-state index in [1.807, 2.05) is 48.5 Å². The minimum atomic E-state index is -0.648. The third kappa shape index (κ3) is 4.90. The maximum atomic E-state index is 12.4. The molecule has 0 spiro atoms. The van der Waals surface area contributed by atoms with Gasteiger partial charge in [0.05, 0.1) is 19.3 Å². The predicted octanol–water partition coefficient (Wildman–Crippen LogP) is 1.22. The van der Waals surface area contributed by atoms with E-state index in [1.165, 1.54) is 0 Å². The highest BCUT2D eigenvalue weighted by Gasteiger charge is 2.26. The number of ether oxygens (including phenoxy) is 3. The van der Waals surface area contributed by atoms with Gasteiger partial charge in [0.15, 0.2) is 11.5 Å². The van der Waals surface area contributed by atoms with E-state index in [0.29, 0.717) is 37.8 Å². The largest absolute Gasteiger partial charge is 0.454 e. The standard InChI is InChI=1S/C22H25N3O5/c26-21(23-13-16-4-2-1-3-5-16)22(27)24-14-18(25-8-10-28-11-9-25)17-6-7-19-20(12-17)30-15-29-19/h1-7,12,18H,8-11,13-15H2,(H,23,26)(H,24,27)/t18-/m1/s1. The summed E-state index contributed by atoms with van der Waals surface area (Å²) in [6.45, 7) is 3.57. The molecule has 30 heavy (non-hydrogen) atoms. The molecule has 2 aliphatic rings. The van der Waals surface area contributed by atoms with Gasteiger partial charge in [-0.1, -0.05) is 36.4 Å². The highest BCUT2D eigenvalue weighted by Crippen LogP contribution is 2.35. The van der Waals surface area contributed by atoms with Gasteiger partial charge in [-0.15, -0.1) is 0 Å². The molecule has 0 saturated carbocycles. The van der Waals surface area contributed by atoms with Crippen LogP contribution >= 0.6 is 0 Å². The second-order valence-electron chi connectivity index (χ2n) is 7.16. The number of fused-ring (bicyclic) bond motifs is 1. The molecule has 2 aromatic carbocycles. The monoisotopic (exact) mass is 411 g/mol. The second-order valence-corrected chi connectivity index (χ2v) is 7.16. The molecule has 2 heterocycles. The van der Waals surface area contributed by atoms with Crippen molar-refractivity contribution in [1.82, 2.24) is 15.5 Å². The summed E-state index contributed by atoms with van der Waals surface area (Å²) in [5, 5.41) is 5.43. The molecule has 8 heteroatoms. The van der Waals surface area contributed by atoms with Crippen molar-refractivity contribution in [3.8, 4) is 11.5 Å². The van der Waals surface area contributed by atoms with Crippen molar-refractivity contribution in [3.63, 3.8) is 0 Å². The Hall–Kier alpha value is -3.10. The molecule has 0 aliphatic carbocycles. The van der Waals surface area contributed by atoms with E-state index in [4.69, 9.17) is 14.2 Å². The molecule has 2 aliphatic heterocycles. The first-order valence-corrected chi connectivity index (χ1v) is 10.0. The quantitative estimate of drug-likeness (QED) is 0.695. The summed E-state index contributed by atoms with van der Waals surface area (Å²) in [5.41, 5.74) is 1.93. The third-order valence-corrected chi connectivity index (χ3v) is 5.23. The number of nitrogens with one attached hydrogen (secondary N) is 2. The molecular formula is C22H25N3O5. The molecule has 0 unspecified atom stereocenters. The average molecular weight is 411 g/mol. The maximum Gasteiger partial charge on any atom is 0.309 e. The zero-order chi connectivity index (χ0) is 20.8. The topological polar surface area (TPSA) is 89.1 Å². The first-order chi connectivity index (χ1) is 14.7. The molecule has 1 fully saturated rings. The number of carbonyl (C=O) groups excluding carboxylic acids is 2. The summed E-state index contributed by atoms with van der Waals surface area (Å²) in [6.07, 6.45) is 0. The Morgan fingerprint density at radius 1 is 0.933 bits per heavy atom. The van der Waals surface area contributed by atoms with Crippen LogP contribution in [0.3, 0.4) is 0 Å². The number of benzene rings is 2. The van der Waals surface area contributed by atoms with Gasteiger partial charge in [0.2, 0.25) is 6.79 Å². The fourth-order valence-corrected chi connectivity index (χ4v) is 3.60. The summed E-state index contributed by atoms with van der Waals surface area (Å²) < 4.78 is 16.4. The Bertz CT molecular complexity index is 884. The SMILES string of the molecule is O=C(NCc1ccccc1)C(=O)NC[C@H](c1ccc2c(c1)OCO2)N1CCOCC1. The third-order valence-electron chi connectivity index (χ3n) is 5.23. The average Bonchev–Trinajstić information content (AvgIpc) is 3.27. The molecule has 4 rings (SSSR count). The summed E-state index contributed by atoms with van der Waals surface area (Å²) in [5.74, 6) is 0.108. The zero-order valence-electron chi connectivity index (χ0n) is 16.6. The number of carbonyl (C=O) groups is 2. The van der Waals surface area contributed by atoms with Crippen LogP contribution in [0.5, 0.6) is 11.5 Å². The van der Waals surface area contributed by atoms with E-state index in [-0.39, 0.29) is 12.8 Å². The summed E-state index contributed by atoms with van der Waals surface area (Å²) >= 11 is 0. The van der Waals surface area contributed by atoms with Gasteiger partial charge in [-0.3, -0.25) is 14.5 Å². The lowest BCUT2D eigenvalue weighted by atomic mass is 10.0. The van der Waals surface area contributed by atoms with Crippen molar-refractivity contribution in [2.24, 2.45) is 0 Å². The fourth-order valence-electron chi connectivity index (χ4n) is 3.60. The van der Waals surface area contributed by atoms with Crippen LogP contribution in [0, 0.1) is 0 Å². The van der Waals surface area contributed by atoms with Crippen LogP contribution in [0.15, 0.2) is 48.5 Å². The number of morpholine rings is 1. The lowest BCUT2D eigenvalue weighted by Crippen LogP contribution is -2.46. The Morgan fingerprint density at radius 3 is 2.47 bits per heavy atom. The summed E-state index contributed by atoms with van der Waals surface area (Å²) in [4.78, 5) is 26.8. The van der Waals surface area contributed by atoms with E-state index >= 15 is 0 Å². The van der Waals surface area contributed by atoms with Gasteiger partial charge < -0.3 is 24.8 Å². The molecule has 2 amide bonds. The first-order valence-electron chi connectivity index (χ1n) is 10.0. The van der Waals surface area contributed by atoms with E-state index in [9.17, 15) is 9.59 Å². The van der Waals surface area contributed by atoms with Crippen molar-refractivity contribution >= 4 is 11.8 Å². The van der Waals surface area contributed by atoms with Crippen molar-refractivity contribution in [1.29, 1.82) is 0 Å². The van der Waals surface area contributed by atoms with Gasteiger partial charge >= 0.3 is 11.8 Å². The van der Waals surface area contributed by atoms with Crippen LogP contribution < -0.4 is 20.1 Å². The minimum absolute atomic E-state index is 0.103. The van der Waals surface area contributed by atoms with Gasteiger partial charge in [-0.25, -0.2) is 0 Å². The molecule has 1 atom stereocenters. The van der Waals surface area contributed by atoms with Crippen LogP contribution in [0.25, 0.3) is 0 Å². The second kappa shape index (κ2) is 9.60. The number of hydrogen-bond acceptors (Lipinski definition) is 6. The summed E-state index contributed by atoms with van der Waals surface area (Å²) in [6, 6.07) is 15.1. The van der Waals surface area contributed by atoms with Crippen LogP contribution in [-0.4, -0.2) is 56.4 Å². The first kappa shape index (κ1) is 20.2. The van der Waals surface area contributed by atoms with Crippen molar-refractivity contribution < 1.29 is 23.8 Å². The Morgan fingerprint density at radius 2 is 1.67 bits per heavy atom. The number of hydrogen-bond donors (Lipinski definition) is 2. The molecular weight excluding hydrogens is 386 g/mol. The van der Waals surface area contributed by atoms with Crippen LogP contribution in [0.4, 0.5) is 0 Å². The van der Waals surface area contributed by atoms with Crippen LogP contribution in [-0.2, 0) is 20.9 Å². The minimum Gasteiger partial charge on any atom is -0.454 e. The molecule has 2 aromatic rings. The Balaban J connectivity index is 1.39. The lowest BCUT2D eigenvalue weighted by Gasteiger charge is -2.34. The van der Waals surface area contributed by atoms with Gasteiger partial charge in [0.1, 0.15) is 0 Å². The Labute approximate surface area is 175 Å². The fraction of sp³-hybridized carbons (Fsp3) is 0.364. The highest BCUT2D eigenvalue weighted by molar-refractivity contribution is 6.35. The van der Waals surface area contributed by atoms with Crippen molar-refractivity contribution in [2.45, 2.75) is 12.6 Å². The van der Waals surface area contributed by atoms with Crippen molar-refractivity contribution in [3.05, 3.63) is 59.7 Å². The van der Waals surface area contributed by atoms with E-state index in [2.05, 4.69) is 15.5 Å². The predicted molar refractivity (Wildman–Crippen MR) is 109 cm³/mol. The molecule has 0 bridgehead atoms. The molecule has 0 radical (unpaired) electrons. The normalized spacial score (nSPS) is 16.7. The highest BCUT2D eigenvalue weighted by atomic mass is 16.7. The molecule has 2 N–H and O–H groups in total. The Kier molecular flexibility index (Phi) is 6.46. The van der Waals surface area contributed by atoms with E-state index in [1.54, 1.807) is 0 Å². The smallest absolute Gasteiger partial charge is 0.309 e. The van der Waals surface area contributed by atoms with Crippen LogP contribution in [0.2, 0.25) is 0 Å². The van der Waals surface area contributed by atoms with Crippen LogP contribution in [0.1, 0.15) is 17.2 Å². The van der Waals surface area contributed by atoms with E-state index in [0.717, 1.165) is 24.2 Å². The van der Waals surface area contributed by atoms with E-state index < -0.39 is 11.8 Å².